The van der Waals surface area contributed by atoms with E-state index in [9.17, 15) is 9.59 Å². The summed E-state index contributed by atoms with van der Waals surface area (Å²) >= 11 is 0. The highest BCUT2D eigenvalue weighted by molar-refractivity contribution is 5.78. The van der Waals surface area contributed by atoms with Gasteiger partial charge in [-0.3, -0.25) is 4.79 Å². The van der Waals surface area contributed by atoms with Crippen LogP contribution >= 0.6 is 0 Å². The van der Waals surface area contributed by atoms with Crippen LogP contribution < -0.4 is 5.32 Å². The van der Waals surface area contributed by atoms with Gasteiger partial charge in [0, 0.05) is 19.4 Å². The Kier molecular flexibility index (Phi) is 24.8. The molecule has 0 heterocycles. The summed E-state index contributed by atoms with van der Waals surface area (Å²) in [5.74, 6) is 1.52. The standard InChI is InChI=1S/C8H15NO.C7H14O.C3H8.C2H6/c1-9-8(10)7-5-3-2-4-6-7;1-6(2)4-5-7(3)8;1-3-2;1-2/h7H,2-6H2,1H3,(H,9,10);6H,4-5H2,1-3H3;3H2,1-2H3;1-2H3. The Hall–Kier alpha value is -0.860. The van der Waals surface area contributed by atoms with E-state index in [0.717, 1.165) is 25.7 Å². The minimum atomic E-state index is 0.236. The van der Waals surface area contributed by atoms with Crippen molar-refractivity contribution < 1.29 is 9.59 Å². The topological polar surface area (TPSA) is 46.2 Å². The quantitative estimate of drug-likeness (QED) is 0.712. The number of amides is 1. The lowest BCUT2D eigenvalue weighted by molar-refractivity contribution is -0.125. The van der Waals surface area contributed by atoms with Crippen molar-refractivity contribution in [3.05, 3.63) is 0 Å². The first-order valence-corrected chi connectivity index (χ1v) is 9.59. The maximum atomic E-state index is 11.1. The third kappa shape index (κ3) is 23.5. The minimum absolute atomic E-state index is 0.236. The van der Waals surface area contributed by atoms with Gasteiger partial charge in [-0.1, -0.05) is 67.2 Å². The monoisotopic (exact) mass is 329 g/mol. The van der Waals surface area contributed by atoms with Crippen LogP contribution in [0.3, 0.4) is 0 Å². The number of carbonyl (C=O) groups excluding carboxylic acids is 2. The highest BCUT2D eigenvalue weighted by atomic mass is 16.1. The first kappa shape index (κ1) is 27.0. The Labute approximate surface area is 146 Å². The maximum absolute atomic E-state index is 11.1. The van der Waals surface area contributed by atoms with Crippen LogP contribution in [0.5, 0.6) is 0 Å². The molecule has 0 bridgehead atoms. The maximum Gasteiger partial charge on any atom is 0.222 e. The number of hydrogen-bond donors (Lipinski definition) is 1. The molecule has 0 spiro atoms. The Morgan fingerprint density at radius 3 is 1.74 bits per heavy atom. The summed E-state index contributed by atoms with van der Waals surface area (Å²) in [6.45, 7) is 14.1. The Morgan fingerprint density at radius 2 is 1.48 bits per heavy atom. The second-order valence-electron chi connectivity index (χ2n) is 6.29. The molecule has 0 radical (unpaired) electrons. The zero-order chi connectivity index (χ0) is 18.7. The normalized spacial score (nSPS) is 13.4. The van der Waals surface area contributed by atoms with Crippen molar-refractivity contribution in [3.63, 3.8) is 0 Å². The molecule has 1 saturated carbocycles. The molecule has 1 N–H and O–H groups in total. The minimum Gasteiger partial charge on any atom is -0.359 e. The van der Waals surface area contributed by atoms with Crippen LogP contribution in [-0.4, -0.2) is 18.7 Å². The Morgan fingerprint density at radius 1 is 1.04 bits per heavy atom. The van der Waals surface area contributed by atoms with E-state index in [1.165, 1.54) is 25.7 Å². The largest absolute Gasteiger partial charge is 0.359 e. The molecule has 1 fully saturated rings. The lowest BCUT2D eigenvalue weighted by Gasteiger charge is -2.19. The third-order valence-electron chi connectivity index (χ3n) is 3.30. The molecule has 0 unspecified atom stereocenters. The van der Waals surface area contributed by atoms with Crippen LogP contribution in [0.25, 0.3) is 0 Å². The molecule has 0 aromatic rings. The van der Waals surface area contributed by atoms with Gasteiger partial charge in [-0.15, -0.1) is 0 Å². The van der Waals surface area contributed by atoms with E-state index in [4.69, 9.17) is 0 Å². The van der Waals surface area contributed by atoms with Gasteiger partial charge in [-0.2, -0.15) is 0 Å². The molecule has 1 rings (SSSR count). The third-order valence-corrected chi connectivity index (χ3v) is 3.30. The SMILES string of the molecule is CC.CC(=O)CCC(C)C.CCC.CNC(=O)C1CCCCC1. The van der Waals surface area contributed by atoms with E-state index in [0.29, 0.717) is 17.6 Å². The second kappa shape index (κ2) is 21.1. The Balaban J connectivity index is -0.000000277. The number of rotatable bonds is 4. The molecule has 3 nitrogen and oxygen atoms in total. The molecule has 1 aliphatic carbocycles. The van der Waals surface area contributed by atoms with Crippen molar-refractivity contribution in [2.75, 3.05) is 7.05 Å². The van der Waals surface area contributed by atoms with Crippen LogP contribution in [0, 0.1) is 11.8 Å². The zero-order valence-corrected chi connectivity index (χ0v) is 17.1. The van der Waals surface area contributed by atoms with Crippen molar-refractivity contribution in [1.82, 2.24) is 5.32 Å². The molecule has 23 heavy (non-hydrogen) atoms. The van der Waals surface area contributed by atoms with E-state index in [-0.39, 0.29) is 5.91 Å². The number of hydrogen-bond acceptors (Lipinski definition) is 2. The first-order chi connectivity index (χ1) is 10.9. The summed E-state index contributed by atoms with van der Waals surface area (Å²) < 4.78 is 0. The van der Waals surface area contributed by atoms with Crippen LogP contribution in [-0.2, 0) is 9.59 Å². The van der Waals surface area contributed by atoms with E-state index in [2.05, 4.69) is 33.0 Å². The molecule has 3 heteroatoms. The number of ketones is 1. The lowest BCUT2D eigenvalue weighted by Crippen LogP contribution is -2.28. The van der Waals surface area contributed by atoms with Crippen molar-refractivity contribution in [2.45, 2.75) is 99.8 Å². The van der Waals surface area contributed by atoms with Crippen LogP contribution in [0.1, 0.15) is 99.8 Å². The number of nitrogens with one attached hydrogen (secondary N) is 1. The second-order valence-corrected chi connectivity index (χ2v) is 6.29. The Bertz CT molecular complexity index is 256. The molecular weight excluding hydrogens is 286 g/mol. The van der Waals surface area contributed by atoms with Crippen molar-refractivity contribution >= 4 is 11.7 Å². The van der Waals surface area contributed by atoms with Crippen LogP contribution in [0.4, 0.5) is 0 Å². The van der Waals surface area contributed by atoms with Crippen molar-refractivity contribution in [3.8, 4) is 0 Å². The summed E-state index contributed by atoms with van der Waals surface area (Å²) in [5.41, 5.74) is 0. The van der Waals surface area contributed by atoms with Crippen molar-refractivity contribution in [2.24, 2.45) is 11.8 Å². The molecule has 0 saturated heterocycles. The van der Waals surface area contributed by atoms with E-state index in [1.807, 2.05) is 13.8 Å². The molecule has 1 amide bonds. The summed E-state index contributed by atoms with van der Waals surface area (Å²) in [6, 6.07) is 0. The van der Waals surface area contributed by atoms with Crippen LogP contribution in [0.2, 0.25) is 0 Å². The van der Waals surface area contributed by atoms with E-state index < -0.39 is 0 Å². The van der Waals surface area contributed by atoms with Gasteiger partial charge in [0.2, 0.25) is 5.91 Å². The highest BCUT2D eigenvalue weighted by Crippen LogP contribution is 2.23. The van der Waals surface area contributed by atoms with Gasteiger partial charge in [-0.25, -0.2) is 0 Å². The fraction of sp³-hybridized carbons (Fsp3) is 0.900. The van der Waals surface area contributed by atoms with Crippen LogP contribution in [0.15, 0.2) is 0 Å². The number of carbonyl (C=O) groups is 2. The van der Waals surface area contributed by atoms with Gasteiger partial charge < -0.3 is 10.1 Å². The summed E-state index contributed by atoms with van der Waals surface area (Å²) in [4.78, 5) is 21.4. The van der Waals surface area contributed by atoms with Crippen molar-refractivity contribution in [1.29, 1.82) is 0 Å². The van der Waals surface area contributed by atoms with E-state index in [1.54, 1.807) is 14.0 Å². The van der Waals surface area contributed by atoms with Gasteiger partial charge in [0.1, 0.15) is 5.78 Å². The molecule has 0 aromatic heterocycles. The van der Waals surface area contributed by atoms with Gasteiger partial charge >= 0.3 is 0 Å². The van der Waals surface area contributed by atoms with Gasteiger partial charge in [0.05, 0.1) is 0 Å². The fourth-order valence-corrected chi connectivity index (χ4v) is 2.06. The first-order valence-electron chi connectivity index (χ1n) is 9.59. The molecule has 0 atom stereocenters. The van der Waals surface area contributed by atoms with Gasteiger partial charge in [0.15, 0.2) is 0 Å². The average molecular weight is 330 g/mol. The summed E-state index contributed by atoms with van der Waals surface area (Å²) in [5, 5.41) is 2.70. The van der Waals surface area contributed by atoms with Gasteiger partial charge in [-0.05, 0) is 32.1 Å². The number of Topliss-reactive ketones (excluding diaryl/α,β-unsaturated/α-hetero) is 1. The highest BCUT2D eigenvalue weighted by Gasteiger charge is 2.19. The van der Waals surface area contributed by atoms with E-state index >= 15 is 0 Å². The zero-order valence-electron chi connectivity index (χ0n) is 17.1. The van der Waals surface area contributed by atoms with Gasteiger partial charge in [0.25, 0.3) is 0 Å². The summed E-state index contributed by atoms with van der Waals surface area (Å²) in [6.07, 6.45) is 9.01. The predicted octanol–water partition coefficient (Wildman–Crippen LogP) is 5.77. The lowest BCUT2D eigenvalue weighted by atomic mass is 9.89. The fourth-order valence-electron chi connectivity index (χ4n) is 2.06. The molecular formula is C20H43NO2. The summed E-state index contributed by atoms with van der Waals surface area (Å²) in [7, 11) is 1.72. The average Bonchev–Trinajstić information content (AvgIpc) is 2.56. The predicted molar refractivity (Wildman–Crippen MR) is 103 cm³/mol. The molecule has 1 aliphatic rings. The molecule has 0 aromatic carbocycles. The smallest absolute Gasteiger partial charge is 0.222 e. The molecule has 140 valence electrons. The molecule has 0 aliphatic heterocycles.